The number of rotatable bonds is 10. The monoisotopic (exact) mass is 571 g/mol. The van der Waals surface area contributed by atoms with E-state index in [1.54, 1.807) is 19.0 Å². The third kappa shape index (κ3) is 5.82. The van der Waals surface area contributed by atoms with E-state index in [1.165, 1.54) is 16.7 Å². The van der Waals surface area contributed by atoms with Crippen LogP contribution in [0.1, 0.15) is 36.3 Å². The summed E-state index contributed by atoms with van der Waals surface area (Å²) in [6, 6.07) is 14.4. The summed E-state index contributed by atoms with van der Waals surface area (Å²) in [6.07, 6.45) is 4.89. The number of nitrogen functional groups attached to an aromatic ring is 1. The van der Waals surface area contributed by atoms with Gasteiger partial charge in [-0.1, -0.05) is 27.9 Å². The molecule has 5 N–H and O–H groups in total. The first-order chi connectivity index (χ1) is 17.3. The molecule has 10 heteroatoms. The lowest BCUT2D eigenvalue weighted by molar-refractivity contribution is -0.114. The van der Waals surface area contributed by atoms with E-state index in [4.69, 9.17) is 5.73 Å². The molecule has 8 nitrogen and oxygen atoms in total. The van der Waals surface area contributed by atoms with E-state index in [-0.39, 0.29) is 23.4 Å². The van der Waals surface area contributed by atoms with Crippen molar-refractivity contribution in [3.8, 4) is 11.8 Å². The Balaban J connectivity index is 1.66. The van der Waals surface area contributed by atoms with Gasteiger partial charge in [0.2, 0.25) is 0 Å². The summed E-state index contributed by atoms with van der Waals surface area (Å²) >= 11 is 5.02. The van der Waals surface area contributed by atoms with Crippen LogP contribution >= 0.6 is 27.9 Å². The third-order valence-electron chi connectivity index (χ3n) is 6.15. The highest BCUT2D eigenvalue weighted by Crippen LogP contribution is 2.47. The van der Waals surface area contributed by atoms with Crippen LogP contribution in [-0.4, -0.2) is 46.2 Å². The van der Waals surface area contributed by atoms with Gasteiger partial charge in [-0.2, -0.15) is 0 Å². The number of carbonyl (C=O) groups is 1. The van der Waals surface area contributed by atoms with Gasteiger partial charge in [-0.25, -0.2) is 4.99 Å². The summed E-state index contributed by atoms with van der Waals surface area (Å²) in [5, 5.41) is 22.5. The van der Waals surface area contributed by atoms with Gasteiger partial charge in [-0.05, 0) is 67.1 Å². The van der Waals surface area contributed by atoms with Crippen LogP contribution in [0, 0.1) is 0 Å². The minimum Gasteiger partial charge on any atom is -0.494 e. The average molecular weight is 573 g/mol. The molecule has 0 saturated heterocycles. The summed E-state index contributed by atoms with van der Waals surface area (Å²) in [6.45, 7) is 1.17. The molecule has 0 atom stereocenters. The molecule has 0 aliphatic heterocycles. The fourth-order valence-corrected chi connectivity index (χ4v) is 5.05. The average Bonchev–Trinajstić information content (AvgIpc) is 3.67. The van der Waals surface area contributed by atoms with Crippen LogP contribution in [0.3, 0.4) is 0 Å². The minimum atomic E-state index is -0.299. The molecule has 1 fully saturated rings. The molecule has 1 heterocycles. The molecule has 4 rings (SSSR count). The number of nitrogens with two attached hydrogens (primary N) is 1. The Hall–Kier alpha value is -3.11. The van der Waals surface area contributed by atoms with Gasteiger partial charge in [-0.15, -0.1) is 0 Å². The van der Waals surface area contributed by atoms with E-state index in [0.29, 0.717) is 42.4 Å². The minimum absolute atomic E-state index is 0.0438. The largest absolute Gasteiger partial charge is 0.494 e. The smallest absolute Gasteiger partial charge is 0.270 e. The van der Waals surface area contributed by atoms with Crippen molar-refractivity contribution in [2.24, 2.45) is 4.99 Å². The lowest BCUT2D eigenvalue weighted by Gasteiger charge is -2.26. The van der Waals surface area contributed by atoms with Crippen molar-refractivity contribution in [3.63, 3.8) is 0 Å². The lowest BCUT2D eigenvalue weighted by Crippen LogP contribution is -2.29. The zero-order chi connectivity index (χ0) is 25.8. The normalized spacial score (nSPS) is 13.6. The summed E-state index contributed by atoms with van der Waals surface area (Å²) in [5.74, 6) is 0.196. The van der Waals surface area contributed by atoms with Crippen LogP contribution in [0.2, 0.25) is 0 Å². The molecule has 2 aromatic carbocycles. The first kappa shape index (κ1) is 26.0. The fraction of sp³-hybridized carbons (Fsp3) is 0.308. The van der Waals surface area contributed by atoms with Crippen molar-refractivity contribution in [3.05, 3.63) is 64.1 Å². The lowest BCUT2D eigenvalue weighted by atomic mass is 9.98. The zero-order valence-electron chi connectivity index (χ0n) is 20.2. The third-order valence-corrected chi connectivity index (χ3v) is 7.50. The Morgan fingerprint density at radius 3 is 2.44 bits per heavy atom. The van der Waals surface area contributed by atoms with Gasteiger partial charge in [0.1, 0.15) is 5.71 Å². The maximum absolute atomic E-state index is 12.9. The maximum Gasteiger partial charge on any atom is 0.270 e. The highest BCUT2D eigenvalue weighted by atomic mass is 79.9. The Bertz CT molecular complexity index is 1250. The fourth-order valence-electron chi connectivity index (χ4n) is 4.12. The SMILES string of the molecule is CNC(=O)C(=Nc1ccc(Br)cc1)c1cc(C2CC2)c(N(CCCn2c(O)ccc2O)SC)cc1N. The van der Waals surface area contributed by atoms with Gasteiger partial charge in [0.15, 0.2) is 11.8 Å². The Labute approximate surface area is 223 Å². The molecule has 0 unspecified atom stereocenters. The quantitative estimate of drug-likeness (QED) is 0.152. The Morgan fingerprint density at radius 1 is 1.19 bits per heavy atom. The van der Waals surface area contributed by atoms with E-state index < -0.39 is 0 Å². The van der Waals surface area contributed by atoms with Crippen molar-refractivity contribution >= 4 is 56.6 Å². The highest BCUT2D eigenvalue weighted by Gasteiger charge is 2.30. The molecular formula is C26H30BrN5O3S. The maximum atomic E-state index is 12.9. The predicted octanol–water partition coefficient (Wildman–Crippen LogP) is 5.16. The molecule has 3 aromatic rings. The number of aliphatic imine (C=N–C) groups is 1. The second-order valence-corrected chi connectivity index (χ2v) is 10.3. The van der Waals surface area contributed by atoms with E-state index >= 15 is 0 Å². The number of aromatic hydroxyl groups is 2. The first-order valence-corrected chi connectivity index (χ1v) is 13.7. The van der Waals surface area contributed by atoms with E-state index in [9.17, 15) is 15.0 Å². The molecule has 190 valence electrons. The molecular weight excluding hydrogens is 542 g/mol. The number of nitrogens with one attached hydrogen (secondary N) is 1. The first-order valence-electron chi connectivity index (χ1n) is 11.7. The van der Waals surface area contributed by atoms with Crippen LogP contribution in [0.4, 0.5) is 17.1 Å². The Morgan fingerprint density at radius 2 is 1.86 bits per heavy atom. The van der Waals surface area contributed by atoms with Gasteiger partial charge in [0.25, 0.3) is 5.91 Å². The number of halogens is 1. The number of hydrogen-bond donors (Lipinski definition) is 4. The number of nitrogens with zero attached hydrogens (tertiary/aromatic N) is 3. The molecule has 0 bridgehead atoms. The predicted molar refractivity (Wildman–Crippen MR) is 150 cm³/mol. The van der Waals surface area contributed by atoms with Crippen molar-refractivity contribution in [1.82, 2.24) is 9.88 Å². The second-order valence-electron chi connectivity index (χ2n) is 8.63. The topological polar surface area (TPSA) is 116 Å². The zero-order valence-corrected chi connectivity index (χ0v) is 22.6. The van der Waals surface area contributed by atoms with Gasteiger partial charge in [0.05, 0.1) is 11.4 Å². The summed E-state index contributed by atoms with van der Waals surface area (Å²) in [5.41, 5.74) is 10.7. The molecule has 1 aliphatic carbocycles. The van der Waals surface area contributed by atoms with Crippen LogP contribution in [0.25, 0.3) is 0 Å². The van der Waals surface area contributed by atoms with Crippen molar-refractivity contribution in [2.75, 3.05) is 29.9 Å². The van der Waals surface area contributed by atoms with Crippen molar-refractivity contribution in [1.29, 1.82) is 0 Å². The van der Waals surface area contributed by atoms with Gasteiger partial charge in [0, 0.05) is 54.2 Å². The Kier molecular flexibility index (Phi) is 8.15. The summed E-state index contributed by atoms with van der Waals surface area (Å²) in [4.78, 5) is 17.5. The number of hydrogen-bond acceptors (Lipinski definition) is 7. The van der Waals surface area contributed by atoms with Crippen LogP contribution in [0.15, 0.2) is 58.0 Å². The number of likely N-dealkylation sites (N-methyl/N-ethyl adjacent to an activating group) is 1. The molecule has 1 saturated carbocycles. The van der Waals surface area contributed by atoms with Crippen molar-refractivity contribution < 1.29 is 15.0 Å². The number of amides is 1. The van der Waals surface area contributed by atoms with Gasteiger partial charge < -0.3 is 25.6 Å². The summed E-state index contributed by atoms with van der Waals surface area (Å²) < 4.78 is 4.59. The molecule has 0 radical (unpaired) electrons. The highest BCUT2D eigenvalue weighted by molar-refractivity contribution is 9.10. The second kappa shape index (κ2) is 11.3. The van der Waals surface area contributed by atoms with Crippen LogP contribution in [0.5, 0.6) is 11.8 Å². The summed E-state index contributed by atoms with van der Waals surface area (Å²) in [7, 11) is 1.58. The number of anilines is 2. The van der Waals surface area contributed by atoms with Gasteiger partial charge in [-0.3, -0.25) is 9.36 Å². The van der Waals surface area contributed by atoms with E-state index in [0.717, 1.165) is 28.6 Å². The number of aromatic nitrogens is 1. The van der Waals surface area contributed by atoms with Gasteiger partial charge >= 0.3 is 0 Å². The number of carbonyl (C=O) groups excluding carboxylic acids is 1. The molecule has 1 amide bonds. The van der Waals surface area contributed by atoms with E-state index in [1.807, 2.05) is 42.7 Å². The molecule has 1 aliphatic rings. The molecule has 1 aromatic heterocycles. The standard InChI is InChI=1S/C26H30BrN5O3S/c1-29-26(35)25(30-18-8-6-17(27)7-9-18)20-14-19(16-4-5-16)22(15-21(20)28)32(36-2)13-3-12-31-23(33)10-11-24(31)34/h6-11,14-16,33-34H,3-5,12-13,28H2,1-2H3,(H,29,35). The molecule has 0 spiro atoms. The molecule has 36 heavy (non-hydrogen) atoms. The number of benzene rings is 2. The van der Waals surface area contributed by atoms with Crippen LogP contribution < -0.4 is 15.4 Å². The van der Waals surface area contributed by atoms with E-state index in [2.05, 4.69) is 30.5 Å². The van der Waals surface area contributed by atoms with Crippen LogP contribution in [-0.2, 0) is 11.3 Å². The van der Waals surface area contributed by atoms with Crippen molar-refractivity contribution in [2.45, 2.75) is 31.7 Å².